The average molecular weight is 206 g/mol. The highest BCUT2D eigenvalue weighted by molar-refractivity contribution is 5.70. The minimum Gasteiger partial charge on any atom is -0.481 e. The Morgan fingerprint density at radius 2 is 1.87 bits per heavy atom. The van der Waals surface area contributed by atoms with E-state index in [0.717, 1.165) is 25.7 Å². The molecule has 2 unspecified atom stereocenters. The first-order valence-corrected chi connectivity index (χ1v) is 5.85. The molecule has 0 aliphatic heterocycles. The maximum atomic E-state index is 11.1. The molecular formula is C13H18O2. The predicted molar refractivity (Wildman–Crippen MR) is 59.5 cm³/mol. The van der Waals surface area contributed by atoms with Crippen molar-refractivity contribution >= 4 is 5.97 Å². The lowest BCUT2D eigenvalue weighted by Crippen LogP contribution is -2.28. The molecule has 0 radical (unpaired) electrons. The van der Waals surface area contributed by atoms with Crippen molar-refractivity contribution in [3.05, 3.63) is 24.3 Å². The van der Waals surface area contributed by atoms with Crippen LogP contribution in [0.4, 0.5) is 0 Å². The van der Waals surface area contributed by atoms with Crippen LogP contribution in [-0.2, 0) is 4.79 Å². The van der Waals surface area contributed by atoms with Crippen LogP contribution in [0.1, 0.15) is 32.1 Å². The van der Waals surface area contributed by atoms with Crippen molar-refractivity contribution in [3.63, 3.8) is 0 Å². The van der Waals surface area contributed by atoms with E-state index in [0.29, 0.717) is 11.8 Å². The number of allylic oxidation sites excluding steroid dienone is 4. The number of rotatable bonds is 3. The molecule has 1 N–H and O–H groups in total. The summed E-state index contributed by atoms with van der Waals surface area (Å²) in [4.78, 5) is 11.1. The van der Waals surface area contributed by atoms with Crippen molar-refractivity contribution in [2.24, 2.45) is 17.8 Å². The summed E-state index contributed by atoms with van der Waals surface area (Å²) >= 11 is 0. The topological polar surface area (TPSA) is 37.3 Å². The summed E-state index contributed by atoms with van der Waals surface area (Å²) in [6.07, 6.45) is 13.7. The molecular weight excluding hydrogens is 188 g/mol. The Morgan fingerprint density at radius 3 is 2.53 bits per heavy atom. The first kappa shape index (κ1) is 10.5. The van der Waals surface area contributed by atoms with Crippen LogP contribution < -0.4 is 0 Å². The van der Waals surface area contributed by atoms with E-state index in [9.17, 15) is 4.79 Å². The molecule has 1 saturated carbocycles. The maximum Gasteiger partial charge on any atom is 0.306 e. The van der Waals surface area contributed by atoms with Crippen molar-refractivity contribution in [3.8, 4) is 0 Å². The standard InChI is InChI=1S/C13H18O2/c14-13(15)12-8-4-3-7-11(12)9-10-5-1-2-6-10/h1-2,5-6,10-12H,3-4,7-9H2,(H,14,15). The molecule has 0 aromatic carbocycles. The lowest BCUT2D eigenvalue weighted by atomic mass is 9.75. The van der Waals surface area contributed by atoms with Gasteiger partial charge in [0, 0.05) is 0 Å². The fourth-order valence-electron chi connectivity index (χ4n) is 2.80. The molecule has 15 heavy (non-hydrogen) atoms. The number of carboxylic acids is 1. The maximum absolute atomic E-state index is 11.1. The molecule has 2 heteroatoms. The third-order valence-electron chi connectivity index (χ3n) is 3.63. The molecule has 2 aliphatic rings. The molecule has 2 rings (SSSR count). The Kier molecular flexibility index (Phi) is 3.24. The third kappa shape index (κ3) is 2.49. The zero-order chi connectivity index (χ0) is 10.7. The minimum absolute atomic E-state index is 0.0962. The molecule has 2 aliphatic carbocycles. The Labute approximate surface area is 90.7 Å². The van der Waals surface area contributed by atoms with Crippen molar-refractivity contribution in [1.82, 2.24) is 0 Å². The van der Waals surface area contributed by atoms with Gasteiger partial charge in [-0.15, -0.1) is 0 Å². The first-order valence-electron chi connectivity index (χ1n) is 5.85. The van der Waals surface area contributed by atoms with E-state index in [1.807, 2.05) is 0 Å². The molecule has 0 aromatic rings. The van der Waals surface area contributed by atoms with E-state index in [2.05, 4.69) is 24.3 Å². The molecule has 0 aromatic heterocycles. The second-order valence-electron chi connectivity index (χ2n) is 4.66. The van der Waals surface area contributed by atoms with Gasteiger partial charge in [0.2, 0.25) is 0 Å². The fourth-order valence-corrected chi connectivity index (χ4v) is 2.80. The largest absolute Gasteiger partial charge is 0.481 e. The lowest BCUT2D eigenvalue weighted by Gasteiger charge is -2.29. The highest BCUT2D eigenvalue weighted by atomic mass is 16.4. The highest BCUT2D eigenvalue weighted by Crippen LogP contribution is 2.35. The molecule has 0 heterocycles. The summed E-state index contributed by atoms with van der Waals surface area (Å²) in [6, 6.07) is 0. The molecule has 82 valence electrons. The smallest absolute Gasteiger partial charge is 0.306 e. The van der Waals surface area contributed by atoms with Crippen LogP contribution in [-0.4, -0.2) is 11.1 Å². The van der Waals surface area contributed by atoms with Crippen molar-refractivity contribution in [1.29, 1.82) is 0 Å². The Bertz CT molecular complexity index is 279. The van der Waals surface area contributed by atoms with Crippen molar-refractivity contribution < 1.29 is 9.90 Å². The second-order valence-corrected chi connectivity index (χ2v) is 4.66. The van der Waals surface area contributed by atoms with Crippen LogP contribution in [0.5, 0.6) is 0 Å². The molecule has 2 atom stereocenters. The number of carbonyl (C=O) groups is 1. The summed E-state index contributed by atoms with van der Waals surface area (Å²) in [5, 5.41) is 9.15. The van der Waals surface area contributed by atoms with Gasteiger partial charge in [0.1, 0.15) is 0 Å². The van der Waals surface area contributed by atoms with Gasteiger partial charge in [0.15, 0.2) is 0 Å². The van der Waals surface area contributed by atoms with E-state index in [1.165, 1.54) is 6.42 Å². The van der Waals surface area contributed by atoms with Gasteiger partial charge in [-0.25, -0.2) is 0 Å². The minimum atomic E-state index is -0.592. The Balaban J connectivity index is 1.95. The molecule has 2 nitrogen and oxygen atoms in total. The molecule has 0 spiro atoms. The van der Waals surface area contributed by atoms with E-state index in [4.69, 9.17) is 5.11 Å². The molecule has 0 bridgehead atoms. The van der Waals surface area contributed by atoms with Crippen LogP contribution in [0.25, 0.3) is 0 Å². The summed E-state index contributed by atoms with van der Waals surface area (Å²) in [5.74, 6) is 0.176. The zero-order valence-corrected chi connectivity index (χ0v) is 8.93. The predicted octanol–water partition coefficient (Wildman–Crippen LogP) is 3.01. The normalized spacial score (nSPS) is 30.9. The molecule has 1 fully saturated rings. The Morgan fingerprint density at radius 1 is 1.20 bits per heavy atom. The van der Waals surface area contributed by atoms with Crippen LogP contribution >= 0.6 is 0 Å². The fraction of sp³-hybridized carbons (Fsp3) is 0.615. The van der Waals surface area contributed by atoms with Gasteiger partial charge in [-0.2, -0.15) is 0 Å². The SMILES string of the molecule is O=C(O)C1CCCCC1CC1C=CC=C1. The highest BCUT2D eigenvalue weighted by Gasteiger charge is 2.31. The zero-order valence-electron chi connectivity index (χ0n) is 8.93. The quantitative estimate of drug-likeness (QED) is 0.770. The van der Waals surface area contributed by atoms with Gasteiger partial charge >= 0.3 is 5.97 Å². The number of hydrogen-bond acceptors (Lipinski definition) is 1. The summed E-state index contributed by atoms with van der Waals surface area (Å²) < 4.78 is 0. The third-order valence-corrected chi connectivity index (χ3v) is 3.63. The van der Waals surface area contributed by atoms with E-state index >= 15 is 0 Å². The van der Waals surface area contributed by atoms with Crippen LogP contribution in [0.15, 0.2) is 24.3 Å². The Hall–Kier alpha value is -1.05. The van der Waals surface area contributed by atoms with E-state index < -0.39 is 5.97 Å². The number of aliphatic carboxylic acids is 1. The van der Waals surface area contributed by atoms with E-state index in [1.54, 1.807) is 0 Å². The number of hydrogen-bond donors (Lipinski definition) is 1. The number of carboxylic acid groups (broad SMARTS) is 1. The molecule has 0 amide bonds. The van der Waals surface area contributed by atoms with E-state index in [-0.39, 0.29) is 5.92 Å². The van der Waals surface area contributed by atoms with Crippen LogP contribution in [0, 0.1) is 17.8 Å². The summed E-state index contributed by atoms with van der Waals surface area (Å²) in [7, 11) is 0. The lowest BCUT2D eigenvalue weighted by molar-refractivity contribution is -0.145. The first-order chi connectivity index (χ1) is 7.27. The van der Waals surface area contributed by atoms with Gasteiger partial charge in [-0.05, 0) is 31.1 Å². The summed E-state index contributed by atoms with van der Waals surface area (Å²) in [6.45, 7) is 0. The second kappa shape index (κ2) is 4.65. The molecule has 0 saturated heterocycles. The van der Waals surface area contributed by atoms with Crippen LogP contribution in [0.3, 0.4) is 0 Å². The van der Waals surface area contributed by atoms with Gasteiger partial charge in [-0.3, -0.25) is 4.79 Å². The van der Waals surface area contributed by atoms with Gasteiger partial charge in [0.05, 0.1) is 5.92 Å². The summed E-state index contributed by atoms with van der Waals surface area (Å²) in [5.41, 5.74) is 0. The van der Waals surface area contributed by atoms with Gasteiger partial charge in [0.25, 0.3) is 0 Å². The van der Waals surface area contributed by atoms with Crippen LogP contribution in [0.2, 0.25) is 0 Å². The van der Waals surface area contributed by atoms with Crippen molar-refractivity contribution in [2.45, 2.75) is 32.1 Å². The monoisotopic (exact) mass is 206 g/mol. The average Bonchev–Trinajstić information content (AvgIpc) is 2.71. The van der Waals surface area contributed by atoms with Gasteiger partial charge < -0.3 is 5.11 Å². The van der Waals surface area contributed by atoms with Crippen molar-refractivity contribution in [2.75, 3.05) is 0 Å². The van der Waals surface area contributed by atoms with Gasteiger partial charge in [-0.1, -0.05) is 37.1 Å².